The van der Waals surface area contributed by atoms with E-state index in [2.05, 4.69) is 52.6 Å². The van der Waals surface area contributed by atoms with E-state index in [1.54, 1.807) is 0 Å². The summed E-state index contributed by atoms with van der Waals surface area (Å²) in [5.41, 5.74) is -0.0893. The first-order chi connectivity index (χ1) is 6.32. The van der Waals surface area contributed by atoms with Gasteiger partial charge in [-0.15, -0.1) is 0 Å². The molecule has 1 fully saturated rings. The Kier molecular flexibility index (Phi) is 2.29. The molecule has 0 amide bonds. The van der Waals surface area contributed by atoms with Crippen LogP contribution in [-0.2, 0) is 4.79 Å². The maximum atomic E-state index is 12.2. The van der Waals surface area contributed by atoms with Gasteiger partial charge in [0.25, 0.3) is 0 Å². The lowest BCUT2D eigenvalue weighted by molar-refractivity contribution is -0.129. The largest absolute Gasteiger partial charge is 0.293 e. The van der Waals surface area contributed by atoms with Gasteiger partial charge in [-0.3, -0.25) is 4.79 Å². The van der Waals surface area contributed by atoms with Crippen LogP contribution in [0.15, 0.2) is 8.96 Å². The smallest absolute Gasteiger partial charge is 0.177 e. The third-order valence-corrected chi connectivity index (χ3v) is 6.71. The van der Waals surface area contributed by atoms with Gasteiger partial charge in [-0.05, 0) is 40.1 Å². The Morgan fingerprint density at radius 2 is 1.86 bits per heavy atom. The molecule has 0 aliphatic heterocycles. The Morgan fingerprint density at radius 3 is 2.43 bits per heavy atom. The van der Waals surface area contributed by atoms with Crippen LogP contribution in [-0.4, -0.2) is 5.78 Å². The fourth-order valence-electron chi connectivity index (χ4n) is 2.85. The van der Waals surface area contributed by atoms with Crippen LogP contribution in [0.1, 0.15) is 33.6 Å². The van der Waals surface area contributed by atoms with Crippen molar-refractivity contribution in [2.24, 2.45) is 16.7 Å². The molecular weight excluding hydrogens is 308 g/mol. The molecule has 2 aliphatic rings. The minimum atomic E-state index is -0.173. The highest BCUT2D eigenvalue weighted by molar-refractivity contribution is 9.14. The molecule has 1 saturated carbocycles. The molecule has 0 spiro atoms. The van der Waals surface area contributed by atoms with Crippen LogP contribution in [0.3, 0.4) is 0 Å². The first-order valence-electron chi connectivity index (χ1n) is 4.92. The molecule has 78 valence electrons. The van der Waals surface area contributed by atoms with E-state index in [9.17, 15) is 4.79 Å². The molecule has 2 aliphatic carbocycles. The fraction of sp³-hybridized carbons (Fsp3) is 0.727. The Bertz CT molecular complexity index is 343. The summed E-state index contributed by atoms with van der Waals surface area (Å²) in [4.78, 5) is 12.2. The zero-order valence-corrected chi connectivity index (χ0v) is 11.8. The van der Waals surface area contributed by atoms with E-state index in [0.29, 0.717) is 5.92 Å². The lowest BCUT2D eigenvalue weighted by atomic mass is 9.61. The van der Waals surface area contributed by atoms with Crippen LogP contribution in [0.5, 0.6) is 0 Å². The van der Waals surface area contributed by atoms with Gasteiger partial charge in [0.1, 0.15) is 0 Å². The Hall–Kier alpha value is 0.370. The number of carbonyl (C=O) groups excluding carboxylic acids is 1. The average molecular weight is 322 g/mol. The van der Waals surface area contributed by atoms with Crippen molar-refractivity contribution < 1.29 is 4.79 Å². The maximum Gasteiger partial charge on any atom is 0.177 e. The summed E-state index contributed by atoms with van der Waals surface area (Å²) in [5.74, 6) is 0.766. The quantitative estimate of drug-likeness (QED) is 0.658. The second-order valence-electron chi connectivity index (χ2n) is 5.14. The van der Waals surface area contributed by atoms with Crippen LogP contribution in [0.2, 0.25) is 0 Å². The van der Waals surface area contributed by atoms with Crippen molar-refractivity contribution in [3.8, 4) is 0 Å². The number of Topliss-reactive ketones (excluding diaryl/α,β-unsaturated/α-hetero) is 1. The van der Waals surface area contributed by atoms with E-state index in [4.69, 9.17) is 0 Å². The van der Waals surface area contributed by atoms with E-state index < -0.39 is 0 Å². The van der Waals surface area contributed by atoms with Crippen molar-refractivity contribution in [1.82, 2.24) is 0 Å². The zero-order valence-electron chi connectivity index (χ0n) is 8.66. The van der Waals surface area contributed by atoms with Crippen molar-refractivity contribution in [2.75, 3.05) is 0 Å². The summed E-state index contributed by atoms with van der Waals surface area (Å²) in [5, 5.41) is 0. The van der Waals surface area contributed by atoms with Gasteiger partial charge in [-0.1, -0.05) is 36.7 Å². The molecule has 0 saturated heterocycles. The molecular formula is C11H14Br2O. The first-order valence-corrected chi connectivity index (χ1v) is 6.51. The first kappa shape index (κ1) is 10.9. The predicted octanol–water partition coefficient (Wildman–Crippen LogP) is 4.01. The van der Waals surface area contributed by atoms with Crippen LogP contribution in [0.4, 0.5) is 0 Å². The predicted molar refractivity (Wildman–Crippen MR) is 64.5 cm³/mol. The molecule has 14 heavy (non-hydrogen) atoms. The molecule has 0 radical (unpaired) electrons. The normalized spacial score (nSPS) is 40.6. The summed E-state index contributed by atoms with van der Waals surface area (Å²) in [7, 11) is 0. The maximum absolute atomic E-state index is 12.2. The highest BCUT2D eigenvalue weighted by atomic mass is 79.9. The van der Waals surface area contributed by atoms with Crippen molar-refractivity contribution in [1.29, 1.82) is 0 Å². The van der Waals surface area contributed by atoms with Crippen LogP contribution < -0.4 is 0 Å². The minimum Gasteiger partial charge on any atom is -0.293 e. The topological polar surface area (TPSA) is 17.1 Å². The van der Waals surface area contributed by atoms with Gasteiger partial charge in [0, 0.05) is 9.90 Å². The number of rotatable bonds is 0. The monoisotopic (exact) mass is 320 g/mol. The SMILES string of the molecule is CC1(C)[C@H]2CC[C@]1(C)C(=O)C(Br)=C2Br. The lowest BCUT2D eigenvalue weighted by Crippen LogP contribution is -2.44. The number of allylic oxidation sites excluding steroid dienone is 2. The molecule has 0 heterocycles. The molecule has 1 nitrogen and oxygen atoms in total. The number of ketones is 1. The Balaban J connectivity index is 2.64. The average Bonchev–Trinajstić information content (AvgIpc) is 2.30. The third-order valence-electron chi connectivity index (χ3n) is 4.44. The van der Waals surface area contributed by atoms with Crippen LogP contribution >= 0.6 is 31.9 Å². The van der Waals surface area contributed by atoms with Crippen molar-refractivity contribution in [3.63, 3.8) is 0 Å². The molecule has 0 aromatic heterocycles. The lowest BCUT2D eigenvalue weighted by Gasteiger charge is -2.44. The van der Waals surface area contributed by atoms with Crippen LogP contribution in [0.25, 0.3) is 0 Å². The molecule has 0 N–H and O–H groups in total. The minimum absolute atomic E-state index is 0.0835. The number of fused-ring (bicyclic) bond motifs is 2. The molecule has 0 aromatic carbocycles. The standard InChI is InChI=1S/C11H14Br2O/c1-10(2)6-4-5-11(10,3)9(14)8(13)7(6)12/h6H,4-5H2,1-3H3/t6-,11+/m0/s1. The third kappa shape index (κ3) is 1.03. The highest BCUT2D eigenvalue weighted by Gasteiger charge is 2.60. The molecule has 2 bridgehead atoms. The second-order valence-corrected chi connectivity index (χ2v) is 6.78. The fourth-order valence-corrected chi connectivity index (χ4v) is 4.55. The van der Waals surface area contributed by atoms with Gasteiger partial charge in [-0.25, -0.2) is 0 Å². The summed E-state index contributed by atoms with van der Waals surface area (Å²) in [6.07, 6.45) is 2.12. The van der Waals surface area contributed by atoms with E-state index in [1.165, 1.54) is 0 Å². The molecule has 2 rings (SSSR count). The highest BCUT2D eigenvalue weighted by Crippen LogP contribution is 2.64. The van der Waals surface area contributed by atoms with E-state index in [-0.39, 0.29) is 16.6 Å². The molecule has 0 aromatic rings. The summed E-state index contributed by atoms with van der Waals surface area (Å²) in [6.45, 7) is 6.53. The molecule has 3 heteroatoms. The van der Waals surface area contributed by atoms with E-state index in [1.807, 2.05) is 0 Å². The van der Waals surface area contributed by atoms with Crippen molar-refractivity contribution in [3.05, 3.63) is 8.96 Å². The van der Waals surface area contributed by atoms with Crippen molar-refractivity contribution >= 4 is 37.6 Å². The van der Waals surface area contributed by atoms with Gasteiger partial charge >= 0.3 is 0 Å². The van der Waals surface area contributed by atoms with Gasteiger partial charge in [-0.2, -0.15) is 0 Å². The zero-order chi connectivity index (χ0) is 10.7. The molecule has 2 atom stereocenters. The van der Waals surface area contributed by atoms with E-state index >= 15 is 0 Å². The van der Waals surface area contributed by atoms with Gasteiger partial charge in [0.2, 0.25) is 0 Å². The second kappa shape index (κ2) is 2.94. The summed E-state index contributed by atoms with van der Waals surface area (Å²) in [6, 6.07) is 0. The van der Waals surface area contributed by atoms with Crippen LogP contribution in [0, 0.1) is 16.7 Å². The number of hydrogen-bond donors (Lipinski definition) is 0. The Morgan fingerprint density at radius 1 is 1.29 bits per heavy atom. The number of hydrogen-bond acceptors (Lipinski definition) is 1. The van der Waals surface area contributed by atoms with Gasteiger partial charge in [0.05, 0.1) is 4.48 Å². The molecule has 0 unspecified atom stereocenters. The van der Waals surface area contributed by atoms with Gasteiger partial charge in [0.15, 0.2) is 5.78 Å². The van der Waals surface area contributed by atoms with Gasteiger partial charge < -0.3 is 0 Å². The Labute approximate surface area is 102 Å². The summed E-state index contributed by atoms with van der Waals surface area (Å²) < 4.78 is 1.84. The summed E-state index contributed by atoms with van der Waals surface area (Å²) >= 11 is 6.97. The number of carbonyl (C=O) groups is 1. The van der Waals surface area contributed by atoms with Crippen molar-refractivity contribution in [2.45, 2.75) is 33.6 Å². The van der Waals surface area contributed by atoms with E-state index in [0.717, 1.165) is 21.8 Å². The number of halogens is 2.